The lowest BCUT2D eigenvalue weighted by Crippen LogP contribution is -2.51. The van der Waals surface area contributed by atoms with E-state index in [-0.39, 0.29) is 33.1 Å². The minimum atomic E-state index is -4.25. The fourth-order valence-electron chi connectivity index (χ4n) is 3.91. The SMILES string of the molecule is CC[C@H](C(=O)NC)N(Cc1ccc(Cl)cc1)C(=O)CN(c1cccc(Cl)c1Cl)S(=O)(=O)c1ccc(C)cc1. The molecule has 0 saturated heterocycles. The molecule has 38 heavy (non-hydrogen) atoms. The van der Waals surface area contributed by atoms with Crippen LogP contribution >= 0.6 is 34.8 Å². The molecule has 1 N–H and O–H groups in total. The number of carbonyl (C=O) groups is 2. The van der Waals surface area contributed by atoms with Gasteiger partial charge in [0.2, 0.25) is 11.8 Å². The average Bonchev–Trinajstić information content (AvgIpc) is 2.90. The number of benzene rings is 3. The monoisotopic (exact) mass is 595 g/mol. The number of rotatable bonds is 10. The quantitative estimate of drug-likeness (QED) is 0.325. The number of halogens is 3. The molecule has 0 radical (unpaired) electrons. The fourth-order valence-corrected chi connectivity index (χ4v) is 5.91. The molecule has 0 aliphatic rings. The van der Waals surface area contributed by atoms with Crippen LogP contribution in [0.25, 0.3) is 0 Å². The third kappa shape index (κ3) is 6.80. The van der Waals surface area contributed by atoms with Crippen LogP contribution in [0.1, 0.15) is 24.5 Å². The Morgan fingerprint density at radius 1 is 0.947 bits per heavy atom. The Balaban J connectivity index is 2.10. The van der Waals surface area contributed by atoms with Gasteiger partial charge in [0.25, 0.3) is 10.0 Å². The zero-order valence-corrected chi connectivity index (χ0v) is 24.2. The van der Waals surface area contributed by atoms with E-state index >= 15 is 0 Å². The Morgan fingerprint density at radius 3 is 2.16 bits per heavy atom. The van der Waals surface area contributed by atoms with Crippen molar-refractivity contribution < 1.29 is 18.0 Å². The summed E-state index contributed by atoms with van der Waals surface area (Å²) < 4.78 is 28.6. The van der Waals surface area contributed by atoms with E-state index in [2.05, 4.69) is 5.32 Å². The Morgan fingerprint density at radius 2 is 1.58 bits per heavy atom. The minimum Gasteiger partial charge on any atom is -0.357 e. The highest BCUT2D eigenvalue weighted by atomic mass is 35.5. The van der Waals surface area contributed by atoms with Crippen LogP contribution in [0, 0.1) is 6.92 Å². The molecule has 0 heterocycles. The first-order valence-corrected chi connectivity index (χ1v) is 14.4. The van der Waals surface area contributed by atoms with Crippen molar-refractivity contribution in [3.8, 4) is 0 Å². The van der Waals surface area contributed by atoms with Gasteiger partial charge in [0.05, 0.1) is 20.6 Å². The smallest absolute Gasteiger partial charge is 0.264 e. The summed E-state index contributed by atoms with van der Waals surface area (Å²) in [5.41, 5.74) is 1.64. The van der Waals surface area contributed by atoms with Crippen molar-refractivity contribution in [2.24, 2.45) is 0 Å². The van der Waals surface area contributed by atoms with Crippen molar-refractivity contribution in [2.45, 2.75) is 37.8 Å². The highest BCUT2D eigenvalue weighted by Crippen LogP contribution is 2.35. The zero-order chi connectivity index (χ0) is 28.0. The van der Waals surface area contributed by atoms with Crippen LogP contribution in [0.4, 0.5) is 5.69 Å². The normalized spacial score (nSPS) is 12.1. The van der Waals surface area contributed by atoms with Crippen molar-refractivity contribution in [1.29, 1.82) is 0 Å². The van der Waals surface area contributed by atoms with Gasteiger partial charge in [-0.1, -0.05) is 77.6 Å². The summed E-state index contributed by atoms with van der Waals surface area (Å²) in [5.74, 6) is -0.967. The third-order valence-corrected chi connectivity index (χ3v) is 8.82. The van der Waals surface area contributed by atoms with E-state index in [1.54, 1.807) is 49.4 Å². The van der Waals surface area contributed by atoms with Gasteiger partial charge in [0.15, 0.2) is 0 Å². The van der Waals surface area contributed by atoms with E-state index in [4.69, 9.17) is 34.8 Å². The summed E-state index contributed by atoms with van der Waals surface area (Å²) in [6.07, 6.45) is 0.307. The first-order chi connectivity index (χ1) is 18.0. The van der Waals surface area contributed by atoms with Crippen LogP contribution in [-0.4, -0.2) is 44.8 Å². The summed E-state index contributed by atoms with van der Waals surface area (Å²) in [4.78, 5) is 28.0. The van der Waals surface area contributed by atoms with E-state index in [0.717, 1.165) is 15.4 Å². The molecule has 0 fully saturated rings. The lowest BCUT2D eigenvalue weighted by molar-refractivity contribution is -0.140. The third-order valence-electron chi connectivity index (χ3n) is 5.99. The van der Waals surface area contributed by atoms with E-state index in [0.29, 0.717) is 11.4 Å². The Labute approximate surface area is 238 Å². The predicted molar refractivity (Wildman–Crippen MR) is 152 cm³/mol. The number of likely N-dealkylation sites (N-methyl/N-ethyl adjacent to an activating group) is 1. The Hall–Kier alpha value is -2.78. The van der Waals surface area contributed by atoms with Crippen molar-refractivity contribution in [3.05, 3.63) is 92.9 Å². The molecule has 0 saturated carbocycles. The van der Waals surface area contributed by atoms with Crippen LogP contribution in [0.5, 0.6) is 0 Å². The number of hydrogen-bond acceptors (Lipinski definition) is 4. The van der Waals surface area contributed by atoms with Gasteiger partial charge in [-0.05, 0) is 55.3 Å². The minimum absolute atomic E-state index is 0.0137. The summed E-state index contributed by atoms with van der Waals surface area (Å²) >= 11 is 18.7. The average molecular weight is 597 g/mol. The molecule has 202 valence electrons. The maximum absolute atomic E-state index is 13.9. The summed E-state index contributed by atoms with van der Waals surface area (Å²) in [6.45, 7) is 3.06. The van der Waals surface area contributed by atoms with Crippen LogP contribution in [0.15, 0.2) is 71.6 Å². The number of amides is 2. The highest BCUT2D eigenvalue weighted by molar-refractivity contribution is 7.92. The second kappa shape index (κ2) is 12.8. The van der Waals surface area contributed by atoms with Crippen LogP contribution < -0.4 is 9.62 Å². The van der Waals surface area contributed by atoms with Gasteiger partial charge in [-0.25, -0.2) is 8.42 Å². The van der Waals surface area contributed by atoms with Crippen molar-refractivity contribution in [2.75, 3.05) is 17.9 Å². The molecule has 0 bridgehead atoms. The van der Waals surface area contributed by atoms with E-state index in [1.165, 1.54) is 36.2 Å². The summed E-state index contributed by atoms with van der Waals surface area (Å²) in [5, 5.41) is 3.23. The number of anilines is 1. The van der Waals surface area contributed by atoms with Gasteiger partial charge >= 0.3 is 0 Å². The van der Waals surface area contributed by atoms with Crippen LogP contribution in [0.3, 0.4) is 0 Å². The largest absolute Gasteiger partial charge is 0.357 e. The van der Waals surface area contributed by atoms with Gasteiger partial charge in [0.1, 0.15) is 12.6 Å². The maximum atomic E-state index is 13.9. The molecule has 0 aliphatic heterocycles. The highest BCUT2D eigenvalue weighted by Gasteiger charge is 2.34. The van der Waals surface area contributed by atoms with Crippen molar-refractivity contribution in [1.82, 2.24) is 10.2 Å². The number of carbonyl (C=O) groups excluding carboxylic acids is 2. The molecule has 3 aromatic carbocycles. The lowest BCUT2D eigenvalue weighted by atomic mass is 10.1. The second-order valence-electron chi connectivity index (χ2n) is 8.58. The predicted octanol–water partition coefficient (Wildman–Crippen LogP) is 5.70. The second-order valence-corrected chi connectivity index (χ2v) is 11.7. The maximum Gasteiger partial charge on any atom is 0.264 e. The molecule has 0 spiro atoms. The topological polar surface area (TPSA) is 86.8 Å². The molecule has 3 rings (SSSR count). The Kier molecular flexibility index (Phi) is 10.1. The number of hydrogen-bond donors (Lipinski definition) is 1. The molecule has 0 aromatic heterocycles. The molecule has 7 nitrogen and oxygen atoms in total. The fraction of sp³-hybridized carbons (Fsp3) is 0.259. The van der Waals surface area contributed by atoms with Crippen LogP contribution in [-0.2, 0) is 26.2 Å². The van der Waals surface area contributed by atoms with E-state index in [1.807, 2.05) is 6.92 Å². The van der Waals surface area contributed by atoms with E-state index < -0.39 is 28.5 Å². The van der Waals surface area contributed by atoms with Crippen molar-refractivity contribution >= 4 is 62.3 Å². The van der Waals surface area contributed by atoms with Gasteiger partial charge in [0, 0.05) is 18.6 Å². The number of nitrogens with zero attached hydrogens (tertiary/aromatic N) is 2. The number of sulfonamides is 1. The van der Waals surface area contributed by atoms with Crippen LogP contribution in [0.2, 0.25) is 15.1 Å². The standard InChI is InChI=1S/C27H28Cl3N3O4S/c1-4-23(27(35)31-3)32(16-19-10-12-20(28)13-11-19)25(34)17-33(24-7-5-6-22(29)26(24)30)38(36,37)21-14-8-18(2)9-15-21/h5-15,23H,4,16-17H2,1-3H3,(H,31,35)/t23-/m1/s1. The number of nitrogens with one attached hydrogen (secondary N) is 1. The molecule has 2 amide bonds. The zero-order valence-electron chi connectivity index (χ0n) is 21.1. The van der Waals surface area contributed by atoms with E-state index in [9.17, 15) is 18.0 Å². The molecule has 11 heteroatoms. The molecule has 3 aromatic rings. The molecule has 0 aliphatic carbocycles. The lowest BCUT2D eigenvalue weighted by Gasteiger charge is -2.33. The Bertz CT molecular complexity index is 1400. The summed E-state index contributed by atoms with van der Waals surface area (Å²) in [7, 11) is -2.77. The summed E-state index contributed by atoms with van der Waals surface area (Å²) in [6, 6.07) is 16.8. The molecule has 1 atom stereocenters. The van der Waals surface area contributed by atoms with Gasteiger partial charge in [-0.2, -0.15) is 0 Å². The first-order valence-electron chi connectivity index (χ1n) is 11.8. The van der Waals surface area contributed by atoms with Crippen molar-refractivity contribution in [3.63, 3.8) is 0 Å². The van der Waals surface area contributed by atoms with Gasteiger partial charge in [-0.15, -0.1) is 0 Å². The number of aryl methyl sites for hydroxylation is 1. The first kappa shape index (κ1) is 29.8. The molecule has 0 unspecified atom stereocenters. The van der Waals surface area contributed by atoms with Gasteiger partial charge < -0.3 is 10.2 Å². The molecular formula is C27H28Cl3N3O4S. The van der Waals surface area contributed by atoms with Gasteiger partial charge in [-0.3, -0.25) is 13.9 Å². The molecular weight excluding hydrogens is 569 g/mol.